The Kier molecular flexibility index (Phi) is 29.3. The number of hydrazone groups is 2. The van der Waals surface area contributed by atoms with Crippen LogP contribution >= 0.6 is 0 Å². The van der Waals surface area contributed by atoms with Crippen LogP contribution in [0.3, 0.4) is 0 Å². The van der Waals surface area contributed by atoms with E-state index in [2.05, 4.69) is 30.3 Å². The van der Waals surface area contributed by atoms with Gasteiger partial charge in [-0.3, -0.25) is 38.4 Å². The summed E-state index contributed by atoms with van der Waals surface area (Å²) in [6.45, 7) is 29.6. The minimum Gasteiger partial charge on any atom is -0.462 e. The zero-order chi connectivity index (χ0) is 75.8. The first-order valence-corrected chi connectivity index (χ1v) is 49.1. The number of carbonyl (C=O) groups excluding carboxylic acids is 10. The number of likely N-dealkylation sites (N-methyl/N-ethyl adjacent to an activating group) is 4. The van der Waals surface area contributed by atoms with Crippen LogP contribution in [0.1, 0.15) is 82.1 Å². The maximum Gasteiger partial charge on any atom is 0.331 e. The fraction of sp³-hybridized carbons (Fsp3) is 0.800. The van der Waals surface area contributed by atoms with Crippen LogP contribution in [0.4, 0.5) is 0 Å². The smallest absolute Gasteiger partial charge is 0.331 e. The van der Waals surface area contributed by atoms with Gasteiger partial charge in [0.05, 0.1) is 61.1 Å². The lowest BCUT2D eigenvalue weighted by atomic mass is 9.97. The van der Waals surface area contributed by atoms with Crippen molar-refractivity contribution in [3.8, 4) is 0 Å². The summed E-state index contributed by atoms with van der Waals surface area (Å²) >= 11 is 0. The molecule has 6 N–H and O–H groups in total. The van der Waals surface area contributed by atoms with Crippen LogP contribution in [0.15, 0.2) is 10.2 Å². The van der Waals surface area contributed by atoms with Gasteiger partial charge in [-0.25, -0.2) is 36.4 Å². The van der Waals surface area contributed by atoms with E-state index in [1.54, 1.807) is 0 Å². The van der Waals surface area contributed by atoms with Gasteiger partial charge in [0.15, 0.2) is 40.8 Å². The third-order valence-electron chi connectivity index (χ3n) is 17.8. The summed E-state index contributed by atoms with van der Waals surface area (Å²) in [5, 5.41) is 36.9. The Hall–Kier alpha value is -5.43. The quantitative estimate of drug-likeness (QED) is 0.0912. The normalized spacial score (nSPS) is 24.9. The maximum atomic E-state index is 15.2. The molecule has 8 amide bonds. The van der Waals surface area contributed by atoms with Crippen LogP contribution in [0, 0.1) is 0 Å². The van der Waals surface area contributed by atoms with E-state index in [4.69, 9.17) is 18.3 Å². The van der Waals surface area contributed by atoms with Gasteiger partial charge in [0.2, 0.25) is 55.5 Å². The predicted molar refractivity (Wildman–Crippen MR) is 378 cm³/mol. The largest absolute Gasteiger partial charge is 0.462 e. The topological polar surface area (TPSA) is 409 Å². The van der Waals surface area contributed by atoms with Gasteiger partial charge < -0.3 is 58.8 Å². The second kappa shape index (κ2) is 33.1. The summed E-state index contributed by atoms with van der Waals surface area (Å²) in [4.78, 5) is 149. The van der Waals surface area contributed by atoms with Crippen molar-refractivity contribution in [3.63, 3.8) is 0 Å². The summed E-state index contributed by atoms with van der Waals surface area (Å²) in [6, 6.07) is -11.1. The maximum absolute atomic E-state index is 15.2. The number of nitrogens with zero attached hydrogens (tertiary/aromatic N) is 8. The summed E-state index contributed by atoms with van der Waals surface area (Å²) < 4.78 is 85.5. The third-order valence-corrected chi connectivity index (χ3v) is 33.9. The molecule has 0 aromatic heterocycles. The Labute approximate surface area is 583 Å². The number of aliphatic hydroxyl groups is 2. The second-order valence-corrected chi connectivity index (χ2v) is 56.6. The molecule has 0 aromatic carbocycles. The molecule has 0 radical (unpaired) electrons. The average molecular weight is 1500 g/mol. The molecule has 3 aliphatic rings. The number of fused-ring (bicyclic) bond motifs is 2. The minimum atomic E-state index is -4.44. The van der Waals surface area contributed by atoms with Crippen LogP contribution in [0.5, 0.6) is 0 Å². The van der Waals surface area contributed by atoms with E-state index in [0.717, 1.165) is 61.4 Å². The van der Waals surface area contributed by atoms with Gasteiger partial charge in [-0.15, -0.1) is 0 Å². The molecule has 8 atom stereocenters. The van der Waals surface area contributed by atoms with E-state index < -0.39 is 233 Å². The Morgan fingerprint density at radius 3 is 1.08 bits per heavy atom. The van der Waals surface area contributed by atoms with Gasteiger partial charge in [0, 0.05) is 69.6 Å². The number of hydrogen-bond donors (Lipinski definition) is 6. The molecule has 1 fully saturated rings. The number of nitrogens with one attached hydrogen (secondary N) is 4. The summed E-state index contributed by atoms with van der Waals surface area (Å²) in [7, 11) is -14.3. The molecule has 560 valence electrons. The molecular weight excluding hydrogens is 1390 g/mol. The van der Waals surface area contributed by atoms with Gasteiger partial charge in [0.25, 0.3) is 11.8 Å². The first-order valence-electron chi connectivity index (χ1n) is 32.5. The van der Waals surface area contributed by atoms with Crippen molar-refractivity contribution in [2.45, 2.75) is 229 Å². The molecule has 32 nitrogen and oxygen atoms in total. The highest BCUT2D eigenvalue weighted by Gasteiger charge is 2.51. The summed E-state index contributed by atoms with van der Waals surface area (Å²) in [5.41, 5.74) is -4.31. The van der Waals surface area contributed by atoms with Crippen molar-refractivity contribution >= 4 is 124 Å². The monoisotopic (exact) mass is 1500 g/mol. The Balaban J connectivity index is 2.35. The second-order valence-electron chi connectivity index (χ2n) is 32.1. The summed E-state index contributed by atoms with van der Waals surface area (Å²) in [6.07, 6.45) is -0.0220. The fourth-order valence-corrected chi connectivity index (χ4v) is 20.9. The van der Waals surface area contributed by atoms with E-state index in [0.29, 0.717) is 10.0 Å². The molecule has 3 rings (SSSR count). The zero-order valence-corrected chi connectivity index (χ0v) is 67.5. The molecule has 38 heteroatoms. The Bertz CT molecular complexity index is 3020. The first kappa shape index (κ1) is 86.8. The van der Waals surface area contributed by atoms with Gasteiger partial charge in [0.1, 0.15) is 25.3 Å². The zero-order valence-electron chi connectivity index (χ0n) is 61.9. The molecule has 0 bridgehead atoms. The van der Waals surface area contributed by atoms with Crippen molar-refractivity contribution in [2.24, 2.45) is 10.2 Å². The molecule has 0 saturated carbocycles. The van der Waals surface area contributed by atoms with Crippen molar-refractivity contribution in [3.05, 3.63) is 0 Å². The molecule has 0 spiro atoms. The van der Waals surface area contributed by atoms with E-state index in [9.17, 15) is 65.4 Å². The van der Waals surface area contributed by atoms with Crippen molar-refractivity contribution in [1.29, 1.82) is 0 Å². The third kappa shape index (κ3) is 25.0. The highest BCUT2D eigenvalue weighted by molar-refractivity contribution is 7.89. The van der Waals surface area contributed by atoms with Gasteiger partial charge >= 0.3 is 11.9 Å². The molecule has 0 aromatic rings. The minimum absolute atomic E-state index is 0.0786. The molecular formula is C60H112N12O20S2Si4. The highest BCUT2D eigenvalue weighted by Crippen LogP contribution is 2.40. The van der Waals surface area contributed by atoms with Crippen LogP contribution in [0.25, 0.3) is 0 Å². The van der Waals surface area contributed by atoms with Crippen LogP contribution < -0.4 is 20.1 Å². The van der Waals surface area contributed by atoms with Crippen LogP contribution in [0.2, 0.25) is 87.6 Å². The molecule has 3 aliphatic heterocycles. The average Bonchev–Trinajstić information content (AvgIpc) is 0.787. The standard InChI is InChI=1S/C60H112N12O20S2Si4/c1-57(2,3)97(21,22)91-41-25-27-63-71-47(41)51(77)61-33-43(73)67(11)35-45(75)69(13)50(60(9,10)84)56(82)90-38-40(66-94(87,88)30-32-96(18,19)20)54(80)72-48(42(26-28-64-72)92-98(23,24)58(4,5)6)52(78)62-34-44(74)68(12)36-46(76)70(14)49(59(7,8)83)55(81)89-37-39(53(71)79)65-93(85,86)29-31-95(15,16)17/h27-28,39-42,47-50,65-66,83-84H,25-26,29-38H2,1-24H3,(H,61,77)(H,62,78)/t39-,40-,41+,42+,47+,48+,49-,50-/m1/s1. The molecule has 98 heavy (non-hydrogen) atoms. The number of cyclic esters (lactones) is 2. The molecule has 3 heterocycles. The lowest BCUT2D eigenvalue weighted by Crippen LogP contribution is -2.63. The number of esters is 2. The number of sulfonamides is 2. The van der Waals surface area contributed by atoms with Crippen LogP contribution in [-0.2, 0) is 86.3 Å². The highest BCUT2D eigenvalue weighted by atomic mass is 32.2. The lowest BCUT2D eigenvalue weighted by molar-refractivity contribution is -0.166. The molecule has 0 aliphatic carbocycles. The summed E-state index contributed by atoms with van der Waals surface area (Å²) in [5.74, 6) is -12.0. The number of amides is 8. The van der Waals surface area contributed by atoms with Crippen molar-refractivity contribution in [1.82, 2.24) is 49.7 Å². The SMILES string of the molecule is CN1CC(=O)N(C)[C@@H](C(C)(C)O)C(=O)OC[C@@H](NS(=O)(=O)CC[Si](C)(C)C)C(=O)N2N=CC[C@H](O[Si](C)(C)C(C)(C)C)[C@H]2C(=O)NCC(=O)N(C)CC(=O)N(C)[C@@H](C(C)(C)O)C(=O)OC[C@@H](NS(=O)(=O)CC[Si](C)(C)C)C(=O)N2N=CC[C@H](O[Si](C)(C)C(C)(C)C)[C@H]2C(=O)NCC1=O. The lowest BCUT2D eigenvalue weighted by Gasteiger charge is -2.44. The predicted octanol–water partition coefficient (Wildman–Crippen LogP) is 0.638. The molecule has 0 unspecified atom stereocenters. The van der Waals surface area contributed by atoms with Gasteiger partial charge in [-0.1, -0.05) is 80.8 Å². The Morgan fingerprint density at radius 1 is 0.520 bits per heavy atom. The van der Waals surface area contributed by atoms with Gasteiger partial charge in [-0.2, -0.15) is 19.6 Å². The van der Waals surface area contributed by atoms with Crippen LogP contribution in [-0.4, -0.2) is 300 Å². The van der Waals surface area contributed by atoms with Crippen molar-refractivity contribution in [2.75, 3.05) is 79.1 Å². The number of carbonyl (C=O) groups is 10. The fourth-order valence-electron chi connectivity index (χ4n) is 9.77. The number of hydrogen-bond acceptors (Lipinski definition) is 22. The van der Waals surface area contributed by atoms with E-state index in [-0.39, 0.29) is 24.9 Å². The first-order chi connectivity index (χ1) is 44.2. The van der Waals surface area contributed by atoms with E-state index in [1.165, 1.54) is 26.5 Å². The Morgan fingerprint density at radius 2 is 0.816 bits per heavy atom. The number of rotatable bonds is 16. The van der Waals surface area contributed by atoms with Gasteiger partial charge in [-0.05, 0) is 76.0 Å². The van der Waals surface area contributed by atoms with E-state index >= 15 is 9.59 Å². The van der Waals surface area contributed by atoms with Crippen molar-refractivity contribution < 1.29 is 93.3 Å². The number of ether oxygens (including phenoxy) is 2. The van der Waals surface area contributed by atoms with E-state index in [1.807, 2.05) is 107 Å². The molecule has 1 saturated heterocycles.